The van der Waals surface area contributed by atoms with E-state index in [1.807, 2.05) is 19.1 Å². The van der Waals surface area contributed by atoms with Crippen molar-refractivity contribution in [3.63, 3.8) is 0 Å². The highest BCUT2D eigenvalue weighted by Gasteiger charge is 2.25. The summed E-state index contributed by atoms with van der Waals surface area (Å²) in [6.45, 7) is 4.82. The summed E-state index contributed by atoms with van der Waals surface area (Å²) < 4.78 is 5.29. The number of aryl methyl sites for hydroxylation is 2. The van der Waals surface area contributed by atoms with Crippen molar-refractivity contribution in [2.45, 2.75) is 45.3 Å². The van der Waals surface area contributed by atoms with Crippen LogP contribution in [0.5, 0.6) is 0 Å². The van der Waals surface area contributed by atoms with E-state index in [9.17, 15) is 5.11 Å². The van der Waals surface area contributed by atoms with Gasteiger partial charge in [-0.3, -0.25) is 4.90 Å². The van der Waals surface area contributed by atoms with E-state index in [2.05, 4.69) is 34.3 Å². The predicted molar refractivity (Wildman–Crippen MR) is 90.0 cm³/mol. The van der Waals surface area contributed by atoms with E-state index in [0.717, 1.165) is 56.8 Å². The van der Waals surface area contributed by atoms with Gasteiger partial charge in [-0.15, -0.1) is 0 Å². The fourth-order valence-electron chi connectivity index (χ4n) is 3.40. The van der Waals surface area contributed by atoms with Gasteiger partial charge in [0.25, 0.3) is 0 Å². The van der Waals surface area contributed by atoms with E-state index < -0.39 is 0 Å². The third kappa shape index (κ3) is 4.66. The molecule has 1 aliphatic heterocycles. The fraction of sp³-hybridized carbons (Fsp3) is 0.526. The van der Waals surface area contributed by atoms with Gasteiger partial charge in [0.05, 0.1) is 18.3 Å². The third-order valence-electron chi connectivity index (χ3n) is 4.80. The van der Waals surface area contributed by atoms with Crippen molar-refractivity contribution >= 4 is 0 Å². The average molecular weight is 314 g/mol. The lowest BCUT2D eigenvalue weighted by molar-refractivity contribution is 0.0497. The molecule has 0 aliphatic carbocycles. The van der Waals surface area contributed by atoms with Gasteiger partial charge in [-0.2, -0.15) is 0 Å². The van der Waals surface area contributed by atoms with Gasteiger partial charge in [0.1, 0.15) is 0 Å². The molecule has 4 nitrogen and oxygen atoms in total. The van der Waals surface area contributed by atoms with Gasteiger partial charge >= 0.3 is 0 Å². The minimum atomic E-state index is -0.190. The maximum Gasteiger partial charge on any atom is 0.150 e. The van der Waals surface area contributed by atoms with Gasteiger partial charge < -0.3 is 9.63 Å². The molecular formula is C19H26N2O2. The Morgan fingerprint density at radius 1 is 1.26 bits per heavy atom. The number of aliphatic hydroxyl groups excluding tert-OH is 1. The van der Waals surface area contributed by atoms with Crippen LogP contribution in [-0.2, 0) is 13.0 Å². The molecule has 1 unspecified atom stereocenters. The zero-order valence-corrected chi connectivity index (χ0v) is 13.8. The normalized spacial score (nSPS) is 18.2. The van der Waals surface area contributed by atoms with Crippen molar-refractivity contribution in [1.29, 1.82) is 0 Å². The number of hydrogen-bond acceptors (Lipinski definition) is 4. The Morgan fingerprint density at radius 3 is 2.65 bits per heavy atom. The number of piperidine rings is 1. The third-order valence-corrected chi connectivity index (χ3v) is 4.80. The summed E-state index contributed by atoms with van der Waals surface area (Å²) in [6, 6.07) is 12.4. The van der Waals surface area contributed by atoms with Crippen LogP contribution in [0.2, 0.25) is 0 Å². The van der Waals surface area contributed by atoms with Gasteiger partial charge in [-0.05, 0) is 57.2 Å². The minimum absolute atomic E-state index is 0.190. The van der Waals surface area contributed by atoms with Gasteiger partial charge in [0.15, 0.2) is 5.76 Å². The van der Waals surface area contributed by atoms with Crippen molar-refractivity contribution in [3.8, 4) is 0 Å². The lowest BCUT2D eigenvalue weighted by Gasteiger charge is -2.33. The molecule has 1 atom stereocenters. The molecule has 0 amide bonds. The first-order valence-corrected chi connectivity index (χ1v) is 8.57. The fourth-order valence-corrected chi connectivity index (χ4v) is 3.40. The minimum Gasteiger partial charge on any atom is -0.393 e. The van der Waals surface area contributed by atoms with Crippen LogP contribution < -0.4 is 0 Å². The van der Waals surface area contributed by atoms with Crippen molar-refractivity contribution in [1.82, 2.24) is 10.1 Å². The Hall–Kier alpha value is -1.65. The maximum atomic E-state index is 10.5. The molecular weight excluding hydrogens is 288 g/mol. The Bertz CT molecular complexity index is 588. The van der Waals surface area contributed by atoms with E-state index in [-0.39, 0.29) is 6.10 Å². The molecule has 0 spiro atoms. The summed E-state index contributed by atoms with van der Waals surface area (Å²) >= 11 is 0. The van der Waals surface area contributed by atoms with E-state index in [0.29, 0.717) is 5.92 Å². The van der Waals surface area contributed by atoms with Crippen LogP contribution in [0.3, 0.4) is 0 Å². The second-order valence-corrected chi connectivity index (χ2v) is 6.64. The molecule has 3 rings (SSSR count). The topological polar surface area (TPSA) is 49.5 Å². The molecule has 1 aromatic heterocycles. The first-order valence-electron chi connectivity index (χ1n) is 8.57. The molecule has 124 valence electrons. The van der Waals surface area contributed by atoms with Crippen LogP contribution >= 0.6 is 0 Å². The lowest BCUT2D eigenvalue weighted by atomic mass is 9.88. The Balaban J connectivity index is 1.41. The average Bonchev–Trinajstić information content (AvgIpc) is 2.99. The summed E-state index contributed by atoms with van der Waals surface area (Å²) in [7, 11) is 0. The largest absolute Gasteiger partial charge is 0.393 e. The van der Waals surface area contributed by atoms with Crippen LogP contribution in [0, 0.1) is 12.8 Å². The van der Waals surface area contributed by atoms with Gasteiger partial charge in [0.2, 0.25) is 0 Å². The summed E-state index contributed by atoms with van der Waals surface area (Å²) in [6.07, 6.45) is 3.74. The van der Waals surface area contributed by atoms with Gasteiger partial charge in [0, 0.05) is 6.07 Å². The molecule has 1 N–H and O–H groups in total. The Kier molecular flexibility index (Phi) is 5.47. The Labute approximate surface area is 138 Å². The van der Waals surface area contributed by atoms with E-state index >= 15 is 0 Å². The number of likely N-dealkylation sites (tertiary alicyclic amines) is 1. The second kappa shape index (κ2) is 7.75. The quantitative estimate of drug-likeness (QED) is 0.889. The van der Waals surface area contributed by atoms with Crippen LogP contribution in [0.25, 0.3) is 0 Å². The number of aromatic nitrogens is 1. The first kappa shape index (κ1) is 16.2. The molecule has 0 saturated carbocycles. The monoisotopic (exact) mass is 314 g/mol. The maximum absolute atomic E-state index is 10.5. The van der Waals surface area contributed by atoms with Gasteiger partial charge in [-0.25, -0.2) is 0 Å². The summed E-state index contributed by atoms with van der Waals surface area (Å²) in [5.74, 6) is 1.36. The SMILES string of the molecule is Cc1cc(CN2CCC(C(O)CCc3ccccc3)CC2)on1. The highest BCUT2D eigenvalue weighted by Crippen LogP contribution is 2.24. The van der Waals surface area contributed by atoms with E-state index in [1.54, 1.807) is 0 Å². The number of benzene rings is 1. The summed E-state index contributed by atoms with van der Waals surface area (Å²) in [5, 5.41) is 14.4. The molecule has 2 heterocycles. The highest BCUT2D eigenvalue weighted by atomic mass is 16.5. The van der Waals surface area contributed by atoms with Crippen molar-refractivity contribution in [2.24, 2.45) is 5.92 Å². The van der Waals surface area contributed by atoms with E-state index in [4.69, 9.17) is 4.52 Å². The standard InChI is InChI=1S/C19H26N2O2/c1-15-13-18(23-20-15)14-21-11-9-17(10-12-21)19(22)8-7-16-5-3-2-4-6-16/h2-6,13,17,19,22H,7-12,14H2,1H3. The Morgan fingerprint density at radius 2 is 2.00 bits per heavy atom. The molecule has 2 aromatic rings. The van der Waals surface area contributed by atoms with Gasteiger partial charge in [-0.1, -0.05) is 35.5 Å². The number of rotatable bonds is 6. The summed E-state index contributed by atoms with van der Waals surface area (Å²) in [4.78, 5) is 2.39. The van der Waals surface area contributed by atoms with Crippen LogP contribution in [0.4, 0.5) is 0 Å². The van der Waals surface area contributed by atoms with E-state index in [1.165, 1.54) is 5.56 Å². The van der Waals surface area contributed by atoms with Crippen LogP contribution in [0.15, 0.2) is 40.9 Å². The molecule has 1 aliphatic rings. The van der Waals surface area contributed by atoms with Crippen LogP contribution in [-0.4, -0.2) is 34.4 Å². The number of aliphatic hydroxyl groups is 1. The molecule has 1 aromatic carbocycles. The second-order valence-electron chi connectivity index (χ2n) is 6.64. The molecule has 4 heteroatoms. The number of hydrogen-bond donors (Lipinski definition) is 1. The van der Waals surface area contributed by atoms with Crippen molar-refractivity contribution < 1.29 is 9.63 Å². The first-order chi connectivity index (χ1) is 11.2. The molecule has 0 bridgehead atoms. The predicted octanol–water partition coefficient (Wildman–Crippen LogP) is 3.19. The number of nitrogens with zero attached hydrogens (tertiary/aromatic N) is 2. The smallest absolute Gasteiger partial charge is 0.150 e. The zero-order chi connectivity index (χ0) is 16.1. The zero-order valence-electron chi connectivity index (χ0n) is 13.8. The molecule has 23 heavy (non-hydrogen) atoms. The molecule has 0 radical (unpaired) electrons. The van der Waals surface area contributed by atoms with Crippen LogP contribution in [0.1, 0.15) is 36.3 Å². The van der Waals surface area contributed by atoms with Crippen molar-refractivity contribution in [2.75, 3.05) is 13.1 Å². The highest BCUT2D eigenvalue weighted by molar-refractivity contribution is 5.14. The summed E-state index contributed by atoms with van der Waals surface area (Å²) in [5.41, 5.74) is 2.25. The lowest BCUT2D eigenvalue weighted by Crippen LogP contribution is -2.37. The molecule has 1 fully saturated rings. The molecule has 1 saturated heterocycles. The van der Waals surface area contributed by atoms with Crippen molar-refractivity contribution in [3.05, 3.63) is 53.4 Å².